The molecule has 1 N–H and O–H groups in total. The van der Waals surface area contributed by atoms with Crippen molar-refractivity contribution in [3.8, 4) is 0 Å². The second-order valence-corrected chi connectivity index (χ2v) is 6.73. The third-order valence-electron chi connectivity index (χ3n) is 4.67. The highest BCUT2D eigenvalue weighted by Gasteiger charge is 2.13. The first-order valence-electron chi connectivity index (χ1n) is 8.75. The van der Waals surface area contributed by atoms with E-state index in [1.807, 2.05) is 30.3 Å². The minimum absolute atomic E-state index is 0.219. The zero-order valence-corrected chi connectivity index (χ0v) is 15.7. The fourth-order valence-corrected chi connectivity index (χ4v) is 3.62. The zero-order chi connectivity index (χ0) is 18.8. The molecule has 4 aromatic rings. The predicted octanol–water partition coefficient (Wildman–Crippen LogP) is 5.35. The van der Waals surface area contributed by atoms with Crippen LogP contribution in [0.4, 0.5) is 5.69 Å². The normalized spacial score (nSPS) is 11.2. The lowest BCUT2D eigenvalue weighted by Crippen LogP contribution is -2.12. The number of carbonyl (C=O) groups excluding carboxylic acids is 1. The molecule has 4 nitrogen and oxygen atoms in total. The molecule has 0 atom stereocenters. The Labute approximate surface area is 162 Å². The summed E-state index contributed by atoms with van der Waals surface area (Å²) >= 11 is 6.13. The van der Waals surface area contributed by atoms with Gasteiger partial charge in [-0.25, -0.2) is 0 Å². The number of hydrogen-bond acceptors (Lipinski definition) is 2. The van der Waals surface area contributed by atoms with Crippen LogP contribution in [0, 0.1) is 0 Å². The molecule has 0 unspecified atom stereocenters. The van der Waals surface area contributed by atoms with E-state index in [-0.39, 0.29) is 5.91 Å². The largest absolute Gasteiger partial charge is 0.383 e. The summed E-state index contributed by atoms with van der Waals surface area (Å²) in [5.41, 5.74) is 3.46. The monoisotopic (exact) mass is 378 g/mol. The van der Waals surface area contributed by atoms with Gasteiger partial charge in [0.2, 0.25) is 0 Å². The Bertz CT molecular complexity index is 1130. The van der Waals surface area contributed by atoms with E-state index in [1.165, 1.54) is 0 Å². The number of fused-ring (bicyclic) bond motifs is 3. The van der Waals surface area contributed by atoms with Crippen molar-refractivity contribution in [3.05, 3.63) is 77.3 Å². The number of nitrogens with zero attached hydrogens (tertiary/aromatic N) is 1. The number of hydrogen-bond donors (Lipinski definition) is 1. The Morgan fingerprint density at radius 2 is 1.74 bits per heavy atom. The maximum atomic E-state index is 12.6. The van der Waals surface area contributed by atoms with Crippen LogP contribution in [-0.4, -0.2) is 24.2 Å². The second kappa shape index (κ2) is 7.43. The molecule has 27 heavy (non-hydrogen) atoms. The molecule has 1 amide bonds. The smallest absolute Gasteiger partial charge is 0.257 e. The van der Waals surface area contributed by atoms with Crippen molar-refractivity contribution in [1.29, 1.82) is 0 Å². The summed E-state index contributed by atoms with van der Waals surface area (Å²) in [7, 11) is 1.70. The van der Waals surface area contributed by atoms with Gasteiger partial charge in [0.15, 0.2) is 0 Å². The number of ether oxygens (including phenoxy) is 1. The quantitative estimate of drug-likeness (QED) is 0.509. The number of nitrogens with one attached hydrogen (secondary N) is 1. The lowest BCUT2D eigenvalue weighted by molar-refractivity contribution is 0.102. The van der Waals surface area contributed by atoms with Gasteiger partial charge in [0.1, 0.15) is 0 Å². The van der Waals surface area contributed by atoms with E-state index in [0.717, 1.165) is 34.0 Å². The number of methoxy groups -OCH3 is 1. The van der Waals surface area contributed by atoms with Crippen molar-refractivity contribution >= 4 is 45.0 Å². The van der Waals surface area contributed by atoms with E-state index in [4.69, 9.17) is 16.3 Å². The molecule has 4 rings (SSSR count). The fraction of sp³-hybridized carbons (Fsp3) is 0.136. The topological polar surface area (TPSA) is 43.3 Å². The van der Waals surface area contributed by atoms with Crippen molar-refractivity contribution in [2.45, 2.75) is 6.54 Å². The van der Waals surface area contributed by atoms with E-state index in [2.05, 4.69) is 22.0 Å². The first kappa shape index (κ1) is 17.6. The number of para-hydroxylation sites is 1. The minimum Gasteiger partial charge on any atom is -0.383 e. The van der Waals surface area contributed by atoms with Crippen LogP contribution >= 0.6 is 11.6 Å². The van der Waals surface area contributed by atoms with Crippen molar-refractivity contribution in [2.75, 3.05) is 19.0 Å². The van der Waals surface area contributed by atoms with Gasteiger partial charge in [-0.3, -0.25) is 4.79 Å². The molecule has 1 aromatic heterocycles. The Hall–Kier alpha value is -2.82. The summed E-state index contributed by atoms with van der Waals surface area (Å²) in [5, 5.41) is 5.63. The zero-order valence-electron chi connectivity index (χ0n) is 14.9. The summed E-state index contributed by atoms with van der Waals surface area (Å²) in [6, 6.07) is 21.3. The van der Waals surface area contributed by atoms with Gasteiger partial charge in [0.25, 0.3) is 5.91 Å². The van der Waals surface area contributed by atoms with Crippen LogP contribution in [0.2, 0.25) is 5.02 Å². The van der Waals surface area contributed by atoms with Gasteiger partial charge in [0, 0.05) is 41.1 Å². The molecular formula is C22H19ClN2O2. The van der Waals surface area contributed by atoms with Crippen LogP contribution in [-0.2, 0) is 11.3 Å². The van der Waals surface area contributed by atoms with Gasteiger partial charge in [0.05, 0.1) is 17.2 Å². The lowest BCUT2D eigenvalue weighted by Gasteiger charge is -2.08. The maximum absolute atomic E-state index is 12.6. The average molecular weight is 379 g/mol. The van der Waals surface area contributed by atoms with Gasteiger partial charge < -0.3 is 14.6 Å². The van der Waals surface area contributed by atoms with E-state index < -0.39 is 0 Å². The van der Waals surface area contributed by atoms with Gasteiger partial charge in [-0.15, -0.1) is 0 Å². The molecule has 0 spiro atoms. The molecule has 136 valence electrons. The number of amides is 1. The number of benzene rings is 3. The van der Waals surface area contributed by atoms with Crippen LogP contribution < -0.4 is 5.32 Å². The molecule has 0 bridgehead atoms. The van der Waals surface area contributed by atoms with Crippen LogP contribution in [0.5, 0.6) is 0 Å². The van der Waals surface area contributed by atoms with Crippen molar-refractivity contribution < 1.29 is 9.53 Å². The first-order valence-corrected chi connectivity index (χ1v) is 9.12. The molecule has 0 aliphatic rings. The van der Waals surface area contributed by atoms with Crippen LogP contribution in [0.15, 0.2) is 66.7 Å². The van der Waals surface area contributed by atoms with Crippen LogP contribution in [0.3, 0.4) is 0 Å². The Morgan fingerprint density at radius 1 is 1.00 bits per heavy atom. The number of rotatable bonds is 5. The summed E-state index contributed by atoms with van der Waals surface area (Å²) < 4.78 is 7.50. The lowest BCUT2D eigenvalue weighted by atomic mass is 10.1. The van der Waals surface area contributed by atoms with E-state index >= 15 is 0 Å². The van der Waals surface area contributed by atoms with E-state index in [9.17, 15) is 4.79 Å². The molecule has 5 heteroatoms. The Kier molecular flexibility index (Phi) is 4.84. The standard InChI is InChI=1S/C22H19ClN2O2/c1-27-13-12-25-20-9-5-3-6-16(20)18-14-15(10-11-21(18)25)24-22(26)17-7-2-4-8-19(17)23/h2-11,14H,12-13H2,1H3,(H,24,26). The summed E-state index contributed by atoms with van der Waals surface area (Å²) in [6.07, 6.45) is 0. The predicted molar refractivity (Wildman–Crippen MR) is 111 cm³/mol. The molecule has 0 fully saturated rings. The third-order valence-corrected chi connectivity index (χ3v) is 5.00. The van der Waals surface area contributed by atoms with E-state index in [0.29, 0.717) is 17.2 Å². The van der Waals surface area contributed by atoms with Crippen LogP contribution in [0.25, 0.3) is 21.8 Å². The van der Waals surface area contributed by atoms with Crippen molar-refractivity contribution in [1.82, 2.24) is 4.57 Å². The van der Waals surface area contributed by atoms with E-state index in [1.54, 1.807) is 31.4 Å². The maximum Gasteiger partial charge on any atom is 0.257 e. The van der Waals surface area contributed by atoms with Gasteiger partial charge in [-0.05, 0) is 36.4 Å². The third kappa shape index (κ3) is 3.29. The average Bonchev–Trinajstić information content (AvgIpc) is 3.00. The molecule has 0 aliphatic carbocycles. The molecule has 1 heterocycles. The summed E-state index contributed by atoms with van der Waals surface area (Å²) in [4.78, 5) is 12.6. The number of anilines is 1. The Balaban J connectivity index is 1.75. The SMILES string of the molecule is COCCn1c2ccccc2c2cc(NC(=O)c3ccccc3Cl)ccc21. The molecule has 3 aromatic carbocycles. The number of carbonyl (C=O) groups is 1. The highest BCUT2D eigenvalue weighted by atomic mass is 35.5. The molecular weight excluding hydrogens is 360 g/mol. The molecule has 0 saturated carbocycles. The molecule has 0 radical (unpaired) electrons. The molecule has 0 aliphatic heterocycles. The van der Waals surface area contributed by atoms with Crippen LogP contribution in [0.1, 0.15) is 10.4 Å². The van der Waals surface area contributed by atoms with Gasteiger partial charge in [-0.2, -0.15) is 0 Å². The van der Waals surface area contributed by atoms with Gasteiger partial charge >= 0.3 is 0 Å². The Morgan fingerprint density at radius 3 is 2.56 bits per heavy atom. The molecule has 0 saturated heterocycles. The summed E-state index contributed by atoms with van der Waals surface area (Å²) in [6.45, 7) is 1.41. The highest BCUT2D eigenvalue weighted by Crippen LogP contribution is 2.31. The van der Waals surface area contributed by atoms with Crippen molar-refractivity contribution in [2.24, 2.45) is 0 Å². The number of aromatic nitrogens is 1. The first-order chi connectivity index (χ1) is 13.2. The summed E-state index contributed by atoms with van der Waals surface area (Å²) in [5.74, 6) is -0.219. The second-order valence-electron chi connectivity index (χ2n) is 6.33. The fourth-order valence-electron chi connectivity index (χ4n) is 3.40. The number of halogens is 1. The van der Waals surface area contributed by atoms with Crippen molar-refractivity contribution in [3.63, 3.8) is 0 Å². The minimum atomic E-state index is -0.219. The highest BCUT2D eigenvalue weighted by molar-refractivity contribution is 6.34. The van der Waals surface area contributed by atoms with Gasteiger partial charge in [-0.1, -0.05) is 41.9 Å².